The van der Waals surface area contributed by atoms with Gasteiger partial charge in [-0.2, -0.15) is 0 Å². The summed E-state index contributed by atoms with van der Waals surface area (Å²) in [4.78, 5) is 12.2. The quantitative estimate of drug-likeness (QED) is 0.887. The highest BCUT2D eigenvalue weighted by Gasteiger charge is 2.16. The van der Waals surface area contributed by atoms with Gasteiger partial charge in [0.2, 0.25) is 0 Å². The molecule has 3 rings (SSSR count). The lowest BCUT2D eigenvalue weighted by Crippen LogP contribution is -2.18. The molecule has 0 atom stereocenters. The van der Waals surface area contributed by atoms with Crippen LogP contribution in [0.3, 0.4) is 0 Å². The Kier molecular flexibility index (Phi) is 4.71. The molecule has 1 fully saturated rings. The van der Waals surface area contributed by atoms with Gasteiger partial charge in [0.25, 0.3) is 5.91 Å². The highest BCUT2D eigenvalue weighted by atomic mass is 16.5. The molecule has 2 aromatic rings. The van der Waals surface area contributed by atoms with Crippen molar-refractivity contribution in [1.82, 2.24) is 10.2 Å². The van der Waals surface area contributed by atoms with E-state index < -0.39 is 0 Å². The molecule has 120 valence electrons. The SMILES string of the molecule is COc1ccccc1NC(=O)c1ccc(NC2CCCC2)nn1. The zero-order valence-electron chi connectivity index (χ0n) is 13.1. The van der Waals surface area contributed by atoms with E-state index >= 15 is 0 Å². The second-order valence-electron chi connectivity index (χ2n) is 5.58. The van der Waals surface area contributed by atoms with Gasteiger partial charge in [0.05, 0.1) is 12.8 Å². The van der Waals surface area contributed by atoms with E-state index in [4.69, 9.17) is 4.74 Å². The van der Waals surface area contributed by atoms with Crippen molar-refractivity contribution in [2.24, 2.45) is 0 Å². The van der Waals surface area contributed by atoms with Gasteiger partial charge in [0.15, 0.2) is 5.69 Å². The van der Waals surface area contributed by atoms with Crippen molar-refractivity contribution in [1.29, 1.82) is 0 Å². The number of para-hydroxylation sites is 2. The molecule has 1 heterocycles. The molecule has 0 bridgehead atoms. The van der Waals surface area contributed by atoms with Gasteiger partial charge in [0, 0.05) is 6.04 Å². The summed E-state index contributed by atoms with van der Waals surface area (Å²) in [5.41, 5.74) is 0.878. The standard InChI is InChI=1S/C17H20N4O2/c1-23-15-9-5-4-8-13(15)19-17(22)14-10-11-16(21-20-14)18-12-6-2-3-7-12/h4-5,8-12H,2-3,6-7H2,1H3,(H,18,21)(H,19,22). The van der Waals surface area contributed by atoms with Crippen LogP contribution >= 0.6 is 0 Å². The summed E-state index contributed by atoms with van der Waals surface area (Å²) in [6.45, 7) is 0. The minimum atomic E-state index is -0.311. The first-order valence-electron chi connectivity index (χ1n) is 7.81. The third-order valence-electron chi connectivity index (χ3n) is 3.96. The molecule has 1 amide bonds. The summed E-state index contributed by atoms with van der Waals surface area (Å²) in [5, 5.41) is 14.2. The Labute approximate surface area is 135 Å². The number of hydrogen-bond donors (Lipinski definition) is 2. The van der Waals surface area contributed by atoms with E-state index in [0.29, 0.717) is 23.3 Å². The first-order chi connectivity index (χ1) is 11.3. The van der Waals surface area contributed by atoms with E-state index in [1.54, 1.807) is 31.4 Å². The predicted molar refractivity (Wildman–Crippen MR) is 88.9 cm³/mol. The summed E-state index contributed by atoms with van der Waals surface area (Å²) < 4.78 is 5.21. The number of amides is 1. The van der Waals surface area contributed by atoms with E-state index in [-0.39, 0.29) is 11.6 Å². The summed E-state index contributed by atoms with van der Waals surface area (Å²) in [7, 11) is 1.56. The van der Waals surface area contributed by atoms with Crippen molar-refractivity contribution >= 4 is 17.4 Å². The van der Waals surface area contributed by atoms with Crippen LogP contribution in [0.25, 0.3) is 0 Å². The molecule has 1 aliphatic carbocycles. The fraction of sp³-hybridized carbons (Fsp3) is 0.353. The van der Waals surface area contributed by atoms with Gasteiger partial charge in [-0.1, -0.05) is 25.0 Å². The molecule has 2 N–H and O–H groups in total. The highest BCUT2D eigenvalue weighted by molar-refractivity contribution is 6.03. The Morgan fingerprint density at radius 3 is 2.61 bits per heavy atom. The maximum absolute atomic E-state index is 12.2. The Hall–Kier alpha value is -2.63. The fourth-order valence-corrected chi connectivity index (χ4v) is 2.74. The van der Waals surface area contributed by atoms with Crippen LogP contribution in [0.15, 0.2) is 36.4 Å². The van der Waals surface area contributed by atoms with Crippen molar-refractivity contribution in [3.05, 3.63) is 42.1 Å². The van der Waals surface area contributed by atoms with Gasteiger partial charge in [-0.05, 0) is 37.1 Å². The molecule has 1 saturated carbocycles. The maximum atomic E-state index is 12.2. The number of anilines is 2. The molecule has 0 spiro atoms. The molecule has 6 nitrogen and oxygen atoms in total. The normalized spacial score (nSPS) is 14.5. The number of ether oxygens (including phenoxy) is 1. The van der Waals surface area contributed by atoms with Crippen LogP contribution in [0.1, 0.15) is 36.2 Å². The molecule has 1 aromatic carbocycles. The third kappa shape index (κ3) is 3.77. The van der Waals surface area contributed by atoms with Gasteiger partial charge < -0.3 is 15.4 Å². The zero-order valence-corrected chi connectivity index (χ0v) is 13.1. The Morgan fingerprint density at radius 1 is 1.13 bits per heavy atom. The van der Waals surface area contributed by atoms with Crippen LogP contribution in [0.5, 0.6) is 5.75 Å². The van der Waals surface area contributed by atoms with E-state index in [9.17, 15) is 4.79 Å². The second kappa shape index (κ2) is 7.09. The summed E-state index contributed by atoms with van der Waals surface area (Å²) in [5.74, 6) is 1.01. The predicted octanol–water partition coefficient (Wildman–Crippen LogP) is 3.09. The number of carbonyl (C=O) groups is 1. The molecular formula is C17H20N4O2. The zero-order chi connectivity index (χ0) is 16.1. The maximum Gasteiger partial charge on any atom is 0.276 e. The van der Waals surface area contributed by atoms with Crippen LogP contribution in [0.2, 0.25) is 0 Å². The molecule has 23 heavy (non-hydrogen) atoms. The van der Waals surface area contributed by atoms with E-state index in [1.165, 1.54) is 12.8 Å². The monoisotopic (exact) mass is 312 g/mol. The summed E-state index contributed by atoms with van der Waals surface area (Å²) in [6, 6.07) is 11.2. The van der Waals surface area contributed by atoms with Crippen molar-refractivity contribution < 1.29 is 9.53 Å². The van der Waals surface area contributed by atoms with Crippen molar-refractivity contribution in [3.8, 4) is 5.75 Å². The van der Waals surface area contributed by atoms with Gasteiger partial charge in [0.1, 0.15) is 11.6 Å². The smallest absolute Gasteiger partial charge is 0.276 e. The number of carbonyl (C=O) groups excluding carboxylic acids is 1. The second-order valence-corrected chi connectivity index (χ2v) is 5.58. The number of hydrogen-bond acceptors (Lipinski definition) is 5. The van der Waals surface area contributed by atoms with Gasteiger partial charge in [-0.3, -0.25) is 4.79 Å². The summed E-state index contributed by atoms with van der Waals surface area (Å²) >= 11 is 0. The molecular weight excluding hydrogens is 292 g/mol. The van der Waals surface area contributed by atoms with Crippen molar-refractivity contribution in [3.63, 3.8) is 0 Å². The molecule has 0 unspecified atom stereocenters. The topological polar surface area (TPSA) is 76.1 Å². The Bertz CT molecular complexity index is 667. The number of nitrogens with zero attached hydrogens (tertiary/aromatic N) is 2. The lowest BCUT2D eigenvalue weighted by atomic mass is 10.2. The number of benzene rings is 1. The first-order valence-corrected chi connectivity index (χ1v) is 7.81. The van der Waals surface area contributed by atoms with Gasteiger partial charge in [-0.15, -0.1) is 10.2 Å². The molecule has 6 heteroatoms. The lowest BCUT2D eigenvalue weighted by molar-refractivity contribution is 0.102. The summed E-state index contributed by atoms with van der Waals surface area (Å²) in [6.07, 6.45) is 4.84. The van der Waals surface area contributed by atoms with Gasteiger partial charge >= 0.3 is 0 Å². The number of methoxy groups -OCH3 is 1. The van der Waals surface area contributed by atoms with Crippen LogP contribution < -0.4 is 15.4 Å². The van der Waals surface area contributed by atoms with Crippen LogP contribution in [-0.4, -0.2) is 29.3 Å². The minimum absolute atomic E-state index is 0.271. The first kappa shape index (κ1) is 15.3. The van der Waals surface area contributed by atoms with Crippen LogP contribution in [0.4, 0.5) is 11.5 Å². The molecule has 1 aromatic heterocycles. The van der Waals surface area contributed by atoms with Gasteiger partial charge in [-0.25, -0.2) is 0 Å². The van der Waals surface area contributed by atoms with E-state index in [2.05, 4.69) is 20.8 Å². The molecule has 0 saturated heterocycles. The van der Waals surface area contributed by atoms with Crippen molar-refractivity contribution in [2.45, 2.75) is 31.7 Å². The number of nitrogens with one attached hydrogen (secondary N) is 2. The van der Waals surface area contributed by atoms with Crippen LogP contribution in [-0.2, 0) is 0 Å². The minimum Gasteiger partial charge on any atom is -0.495 e. The molecule has 0 radical (unpaired) electrons. The van der Waals surface area contributed by atoms with Crippen LogP contribution in [0, 0.1) is 0 Å². The van der Waals surface area contributed by atoms with Crippen molar-refractivity contribution in [2.75, 3.05) is 17.7 Å². The average molecular weight is 312 g/mol. The Balaban J connectivity index is 1.65. The fourth-order valence-electron chi connectivity index (χ4n) is 2.74. The average Bonchev–Trinajstić information content (AvgIpc) is 3.09. The molecule has 1 aliphatic rings. The highest BCUT2D eigenvalue weighted by Crippen LogP contribution is 2.24. The largest absolute Gasteiger partial charge is 0.495 e. The van der Waals surface area contributed by atoms with E-state index in [1.807, 2.05) is 12.1 Å². The van der Waals surface area contributed by atoms with E-state index in [0.717, 1.165) is 12.8 Å². The number of aromatic nitrogens is 2. The number of rotatable bonds is 5. The Morgan fingerprint density at radius 2 is 1.91 bits per heavy atom. The third-order valence-corrected chi connectivity index (χ3v) is 3.96. The molecule has 0 aliphatic heterocycles. The lowest BCUT2D eigenvalue weighted by Gasteiger charge is -2.12.